The lowest BCUT2D eigenvalue weighted by atomic mass is 10.1. The number of rotatable bonds is 1. The molecule has 0 radical (unpaired) electrons. The summed E-state index contributed by atoms with van der Waals surface area (Å²) in [7, 11) is 0. The molecule has 0 spiro atoms. The molecule has 2 aromatic rings. The lowest BCUT2D eigenvalue weighted by Gasteiger charge is -2.15. The highest BCUT2D eigenvalue weighted by molar-refractivity contribution is 8.93. The second-order valence-electron chi connectivity index (χ2n) is 4.08. The average Bonchev–Trinajstić information content (AvgIpc) is 3.02. The minimum atomic E-state index is 0. The third-order valence-electron chi connectivity index (χ3n) is 3.13. The molecule has 6 heteroatoms. The Balaban J connectivity index is 0.000000667. The molecule has 0 fully saturated rings. The van der Waals surface area contributed by atoms with Crippen LogP contribution in [0, 0.1) is 0 Å². The van der Waals surface area contributed by atoms with E-state index in [0.29, 0.717) is 0 Å². The van der Waals surface area contributed by atoms with E-state index in [1.807, 2.05) is 24.5 Å². The number of hydrogen-bond acceptors (Lipinski definition) is 4. The van der Waals surface area contributed by atoms with Crippen molar-refractivity contribution in [3.05, 3.63) is 41.5 Å². The van der Waals surface area contributed by atoms with Crippen LogP contribution in [-0.2, 0) is 0 Å². The van der Waals surface area contributed by atoms with Gasteiger partial charge in [0.1, 0.15) is 11.8 Å². The summed E-state index contributed by atoms with van der Waals surface area (Å²) in [6.45, 7) is 1.88. The fourth-order valence-electron chi connectivity index (χ4n) is 2.31. The molecule has 0 aliphatic carbocycles. The van der Waals surface area contributed by atoms with Crippen LogP contribution in [0.5, 0.6) is 0 Å². The van der Waals surface area contributed by atoms with Gasteiger partial charge in [0.15, 0.2) is 5.17 Å². The van der Waals surface area contributed by atoms with Gasteiger partial charge in [0.25, 0.3) is 0 Å². The number of fused-ring (bicyclic) bond motifs is 2. The molecule has 100 valence electrons. The van der Waals surface area contributed by atoms with Crippen molar-refractivity contribution < 1.29 is 9.89 Å². The average molecular weight is 341 g/mol. The molecule has 3 heterocycles. The van der Waals surface area contributed by atoms with Crippen molar-refractivity contribution in [1.29, 1.82) is 0 Å². The fourth-order valence-corrected chi connectivity index (χ4v) is 3.26. The maximum atomic E-state index is 5.59. The smallest absolute Gasteiger partial charge is 0.168 e. The Morgan fingerprint density at radius 3 is 3.00 bits per heavy atom. The monoisotopic (exact) mass is 340 g/mol. The van der Waals surface area contributed by atoms with Gasteiger partial charge in [-0.3, -0.25) is 4.99 Å². The Labute approximate surface area is 125 Å². The molecular weight excluding hydrogens is 328 g/mol. The summed E-state index contributed by atoms with van der Waals surface area (Å²) in [4.78, 5) is 6.73. The highest BCUT2D eigenvalue weighted by Crippen LogP contribution is 2.38. The summed E-state index contributed by atoms with van der Waals surface area (Å²) in [5.74, 6) is 0. The van der Waals surface area contributed by atoms with Gasteiger partial charge < -0.3 is 14.8 Å². The molecule has 1 aromatic heterocycles. The van der Waals surface area contributed by atoms with Crippen molar-refractivity contribution in [1.82, 2.24) is 4.90 Å². The zero-order chi connectivity index (χ0) is 11.2. The molecule has 1 aromatic carbocycles. The van der Waals surface area contributed by atoms with E-state index >= 15 is 0 Å². The van der Waals surface area contributed by atoms with Gasteiger partial charge in [-0.2, -0.15) is 0 Å². The third kappa shape index (κ3) is 2.09. The minimum absolute atomic E-state index is 0. The maximum absolute atomic E-state index is 5.59. The zero-order valence-electron chi connectivity index (χ0n) is 10.00. The summed E-state index contributed by atoms with van der Waals surface area (Å²) < 4.78 is 5.59. The van der Waals surface area contributed by atoms with E-state index in [4.69, 9.17) is 4.42 Å². The van der Waals surface area contributed by atoms with E-state index in [-0.39, 0.29) is 22.5 Å². The Morgan fingerprint density at radius 2 is 2.11 bits per heavy atom. The summed E-state index contributed by atoms with van der Waals surface area (Å²) in [6.07, 6.45) is 1.85. The van der Waals surface area contributed by atoms with Crippen LogP contribution in [0.25, 0.3) is 16.7 Å². The maximum Gasteiger partial charge on any atom is 0.168 e. The lowest BCUT2D eigenvalue weighted by Crippen LogP contribution is -2.19. The molecule has 0 bridgehead atoms. The molecule has 0 atom stereocenters. The Bertz CT molecular complexity index is 665. The fraction of sp³-hybridized carbons (Fsp3) is 0.154. The van der Waals surface area contributed by atoms with Crippen molar-refractivity contribution in [3.63, 3.8) is 0 Å². The molecule has 2 aliphatic rings. The first-order chi connectivity index (χ1) is 8.43. The van der Waals surface area contributed by atoms with Crippen molar-refractivity contribution in [2.75, 3.05) is 13.1 Å². The van der Waals surface area contributed by atoms with Crippen LogP contribution in [0.3, 0.4) is 0 Å². The van der Waals surface area contributed by atoms with E-state index in [0.717, 1.165) is 23.8 Å². The summed E-state index contributed by atoms with van der Waals surface area (Å²) in [6, 6.07) is 8.14. The quantitative estimate of drug-likeness (QED) is 0.801. The third-order valence-corrected chi connectivity index (χ3v) is 4.03. The second-order valence-corrected chi connectivity index (χ2v) is 4.92. The van der Waals surface area contributed by atoms with Crippen LogP contribution in [0.15, 0.2) is 45.3 Å². The summed E-state index contributed by atoms with van der Waals surface area (Å²) in [5.41, 5.74) is 3.33. The van der Waals surface area contributed by atoms with Gasteiger partial charge in [-0.05, 0) is 6.07 Å². The number of aliphatic imine (C=N–C) groups is 1. The molecule has 0 unspecified atom stereocenters. The van der Waals surface area contributed by atoms with Crippen LogP contribution in [0.1, 0.15) is 5.56 Å². The molecule has 0 amide bonds. The second kappa shape index (κ2) is 5.40. The first-order valence-corrected chi connectivity index (χ1v) is 6.47. The van der Waals surface area contributed by atoms with Gasteiger partial charge in [0.05, 0.1) is 12.2 Å². The molecular formula is C13H13BrN2O2S. The van der Waals surface area contributed by atoms with E-state index in [2.05, 4.69) is 21.4 Å². The SMILES string of the molecule is Br.C1=C(c2coc3ccccc23)N2CCN=C2S1.O. The molecule has 19 heavy (non-hydrogen) atoms. The number of furan rings is 1. The number of benzene rings is 1. The topological polar surface area (TPSA) is 60.2 Å². The van der Waals surface area contributed by atoms with Crippen molar-refractivity contribution in [2.24, 2.45) is 4.99 Å². The zero-order valence-corrected chi connectivity index (χ0v) is 12.5. The Kier molecular flexibility index (Phi) is 4.03. The lowest BCUT2D eigenvalue weighted by molar-refractivity contribution is 0.608. The number of hydrogen-bond donors (Lipinski definition) is 0. The van der Waals surface area contributed by atoms with Crippen LogP contribution >= 0.6 is 28.7 Å². The summed E-state index contributed by atoms with van der Waals surface area (Å²) >= 11 is 1.70. The summed E-state index contributed by atoms with van der Waals surface area (Å²) in [5, 5.41) is 4.45. The largest absolute Gasteiger partial charge is 0.464 e. The van der Waals surface area contributed by atoms with Crippen LogP contribution in [-0.4, -0.2) is 28.6 Å². The van der Waals surface area contributed by atoms with Gasteiger partial charge in [-0.15, -0.1) is 17.0 Å². The van der Waals surface area contributed by atoms with Crippen molar-refractivity contribution >= 4 is 50.6 Å². The predicted octanol–water partition coefficient (Wildman–Crippen LogP) is 2.90. The van der Waals surface area contributed by atoms with Gasteiger partial charge in [0, 0.05) is 22.9 Å². The van der Waals surface area contributed by atoms with Crippen molar-refractivity contribution in [2.45, 2.75) is 0 Å². The van der Waals surface area contributed by atoms with Crippen molar-refractivity contribution in [3.8, 4) is 0 Å². The number of amidine groups is 1. The van der Waals surface area contributed by atoms with Crippen LogP contribution < -0.4 is 0 Å². The standard InChI is InChI=1S/C13H10N2OS.BrH.H2O/c1-2-4-12-9(3-1)10(7-16-12)11-8-17-13-14-5-6-15(11)13;;/h1-4,7-8H,5-6H2;1H;1H2. The van der Waals surface area contributed by atoms with Gasteiger partial charge in [-0.1, -0.05) is 30.0 Å². The molecule has 0 saturated carbocycles. The van der Waals surface area contributed by atoms with Gasteiger partial charge in [-0.25, -0.2) is 0 Å². The molecule has 4 rings (SSSR count). The molecule has 2 N–H and O–H groups in total. The first kappa shape index (κ1) is 14.2. The highest BCUT2D eigenvalue weighted by Gasteiger charge is 2.28. The molecule has 2 aliphatic heterocycles. The van der Waals surface area contributed by atoms with E-state index in [1.54, 1.807) is 11.8 Å². The number of para-hydroxylation sites is 1. The van der Waals surface area contributed by atoms with E-state index < -0.39 is 0 Å². The number of halogens is 1. The molecule has 0 saturated heterocycles. The number of nitrogens with zero attached hydrogens (tertiary/aromatic N) is 2. The normalized spacial score (nSPS) is 16.5. The van der Waals surface area contributed by atoms with Crippen LogP contribution in [0.2, 0.25) is 0 Å². The van der Waals surface area contributed by atoms with Crippen LogP contribution in [0.4, 0.5) is 0 Å². The number of thioether (sulfide) groups is 1. The Morgan fingerprint density at radius 1 is 1.26 bits per heavy atom. The predicted molar refractivity (Wildman–Crippen MR) is 84.7 cm³/mol. The Hall–Kier alpha value is -1.24. The highest BCUT2D eigenvalue weighted by atomic mass is 79.9. The van der Waals surface area contributed by atoms with E-state index in [1.165, 1.54) is 16.6 Å². The van der Waals surface area contributed by atoms with Gasteiger partial charge in [0.2, 0.25) is 0 Å². The minimum Gasteiger partial charge on any atom is -0.464 e. The van der Waals surface area contributed by atoms with E-state index in [9.17, 15) is 0 Å². The molecule has 4 nitrogen and oxygen atoms in total. The van der Waals surface area contributed by atoms with Gasteiger partial charge >= 0.3 is 0 Å². The first-order valence-electron chi connectivity index (χ1n) is 5.59.